The van der Waals surface area contributed by atoms with Gasteiger partial charge in [0.15, 0.2) is 0 Å². The number of benzene rings is 1. The van der Waals surface area contributed by atoms with Crippen molar-refractivity contribution in [2.24, 2.45) is 11.8 Å². The van der Waals surface area contributed by atoms with E-state index < -0.39 is 6.61 Å². The van der Waals surface area contributed by atoms with Crippen LogP contribution in [0.3, 0.4) is 0 Å². The van der Waals surface area contributed by atoms with Crippen LogP contribution in [0, 0.1) is 11.8 Å². The van der Waals surface area contributed by atoms with Gasteiger partial charge in [0, 0.05) is 50.0 Å². The lowest BCUT2D eigenvalue weighted by atomic mass is 9.73. The first kappa shape index (κ1) is 18.6. The van der Waals surface area contributed by atoms with Crippen LogP contribution in [0.25, 0.3) is 0 Å². The quantitative estimate of drug-likeness (QED) is 0.790. The molecule has 2 bridgehead atoms. The number of rotatable bonds is 7. The van der Waals surface area contributed by atoms with Crippen molar-refractivity contribution in [3.05, 3.63) is 29.8 Å². The van der Waals surface area contributed by atoms with Gasteiger partial charge in [0.25, 0.3) is 0 Å². The highest BCUT2D eigenvalue weighted by Crippen LogP contribution is 2.54. The van der Waals surface area contributed by atoms with Gasteiger partial charge in [-0.1, -0.05) is 25.1 Å². The van der Waals surface area contributed by atoms with E-state index in [9.17, 15) is 13.6 Å². The van der Waals surface area contributed by atoms with E-state index in [0.29, 0.717) is 31.3 Å². The summed E-state index contributed by atoms with van der Waals surface area (Å²) in [4.78, 5) is 13.9. The molecular formula is C20H26F2N2O3. The third kappa shape index (κ3) is 3.55. The smallest absolute Gasteiger partial charge is 0.387 e. The maximum Gasteiger partial charge on any atom is 0.387 e. The maximum atomic E-state index is 12.7. The average Bonchev–Trinajstić information content (AvgIpc) is 3.29. The fraction of sp³-hybridized carbons (Fsp3) is 0.650. The van der Waals surface area contributed by atoms with Crippen molar-refractivity contribution in [2.75, 3.05) is 19.6 Å². The lowest BCUT2D eigenvalue weighted by Gasteiger charge is -2.29. The van der Waals surface area contributed by atoms with E-state index in [4.69, 9.17) is 4.74 Å². The second-order valence-electron chi connectivity index (χ2n) is 7.84. The minimum atomic E-state index is -2.83. The van der Waals surface area contributed by atoms with Gasteiger partial charge in [-0.2, -0.15) is 8.78 Å². The van der Waals surface area contributed by atoms with Crippen molar-refractivity contribution in [3.8, 4) is 5.75 Å². The van der Waals surface area contributed by atoms with Crippen molar-refractivity contribution >= 4 is 5.91 Å². The van der Waals surface area contributed by atoms with Gasteiger partial charge in [-0.05, 0) is 18.9 Å². The molecule has 3 aliphatic rings. The van der Waals surface area contributed by atoms with E-state index in [1.165, 1.54) is 0 Å². The molecule has 3 heterocycles. The summed E-state index contributed by atoms with van der Waals surface area (Å²) < 4.78 is 36.4. The molecule has 0 radical (unpaired) electrons. The predicted molar refractivity (Wildman–Crippen MR) is 95.5 cm³/mol. The Morgan fingerprint density at radius 1 is 1.44 bits per heavy atom. The molecule has 0 aromatic heterocycles. The lowest BCUT2D eigenvalue weighted by molar-refractivity contribution is -0.121. The number of carbonyl (C=O) groups is 1. The van der Waals surface area contributed by atoms with Crippen LogP contribution < -0.4 is 10.1 Å². The number of hydrogen-bond donors (Lipinski definition) is 1. The molecular weight excluding hydrogens is 354 g/mol. The summed E-state index contributed by atoms with van der Waals surface area (Å²) in [5.41, 5.74) is 0.615. The summed E-state index contributed by atoms with van der Waals surface area (Å²) in [6.45, 7) is 1.89. The number of amides is 1. The topological polar surface area (TPSA) is 50.8 Å². The zero-order chi connectivity index (χ0) is 19.0. The van der Waals surface area contributed by atoms with Gasteiger partial charge in [0.2, 0.25) is 5.91 Å². The number of alkyl halides is 2. The second kappa shape index (κ2) is 7.36. The van der Waals surface area contributed by atoms with Crippen LogP contribution in [0.15, 0.2) is 24.3 Å². The molecule has 0 unspecified atom stereocenters. The molecule has 1 aromatic rings. The average molecular weight is 380 g/mol. The Morgan fingerprint density at radius 2 is 2.26 bits per heavy atom. The molecule has 148 valence electrons. The van der Waals surface area contributed by atoms with E-state index in [1.54, 1.807) is 12.1 Å². The molecule has 4 rings (SSSR count). The first-order valence-corrected chi connectivity index (χ1v) is 9.70. The van der Waals surface area contributed by atoms with Gasteiger partial charge in [0.1, 0.15) is 5.75 Å². The Hall–Kier alpha value is -1.73. The molecule has 3 saturated heterocycles. The number of para-hydroxylation sites is 1. The zero-order valence-electron chi connectivity index (χ0n) is 15.5. The van der Waals surface area contributed by atoms with E-state index >= 15 is 0 Å². The highest BCUT2D eigenvalue weighted by molar-refractivity contribution is 5.75. The van der Waals surface area contributed by atoms with Crippen LogP contribution in [-0.2, 0) is 16.1 Å². The summed E-state index contributed by atoms with van der Waals surface area (Å²) >= 11 is 0. The van der Waals surface area contributed by atoms with Crippen LogP contribution in [0.4, 0.5) is 8.78 Å². The van der Waals surface area contributed by atoms with Crippen LogP contribution >= 0.6 is 0 Å². The monoisotopic (exact) mass is 380 g/mol. The van der Waals surface area contributed by atoms with Gasteiger partial charge in [-0.25, -0.2) is 0 Å². The molecule has 3 fully saturated rings. The van der Waals surface area contributed by atoms with Gasteiger partial charge in [-0.15, -0.1) is 0 Å². The normalized spacial score (nSPS) is 32.1. The standard InChI is InChI=1S/C20H26F2N2O3/c1-2-18(25)23-9-14-15-11-24(12-20(15)8-7-17(14)27-20)10-13-5-3-4-6-16(13)26-19(21)22/h3-6,14-15,17,19H,2,7-12H2,1H3,(H,23,25)/t14-,15+,17+,20+/m0/s1. The summed E-state index contributed by atoms with van der Waals surface area (Å²) in [5, 5.41) is 3.02. The van der Waals surface area contributed by atoms with E-state index in [-0.39, 0.29) is 23.4 Å². The number of carbonyl (C=O) groups excluding carboxylic acids is 1. The molecule has 27 heavy (non-hydrogen) atoms. The van der Waals surface area contributed by atoms with Crippen LogP contribution in [0.1, 0.15) is 31.7 Å². The first-order valence-electron chi connectivity index (χ1n) is 9.70. The summed E-state index contributed by atoms with van der Waals surface area (Å²) in [6.07, 6.45) is 2.78. The van der Waals surface area contributed by atoms with E-state index in [1.807, 2.05) is 19.1 Å². The predicted octanol–water partition coefficient (Wildman–Crippen LogP) is 2.79. The zero-order valence-corrected chi connectivity index (χ0v) is 15.5. The number of nitrogens with zero attached hydrogens (tertiary/aromatic N) is 1. The molecule has 1 aromatic carbocycles. The molecule has 1 N–H and O–H groups in total. The lowest BCUT2D eigenvalue weighted by Crippen LogP contribution is -2.41. The number of ether oxygens (including phenoxy) is 2. The van der Waals surface area contributed by atoms with Crippen molar-refractivity contribution < 1.29 is 23.0 Å². The number of hydrogen-bond acceptors (Lipinski definition) is 4. The van der Waals surface area contributed by atoms with Gasteiger partial charge >= 0.3 is 6.61 Å². The van der Waals surface area contributed by atoms with Crippen LogP contribution in [-0.4, -0.2) is 48.8 Å². The summed E-state index contributed by atoms with van der Waals surface area (Å²) in [5.74, 6) is 1.00. The molecule has 5 nitrogen and oxygen atoms in total. The number of likely N-dealkylation sites (tertiary alicyclic amines) is 1. The number of nitrogens with one attached hydrogen (secondary N) is 1. The van der Waals surface area contributed by atoms with Crippen LogP contribution in [0.2, 0.25) is 0 Å². The molecule has 3 aliphatic heterocycles. The third-order valence-electron chi connectivity index (χ3n) is 6.29. The highest BCUT2D eigenvalue weighted by atomic mass is 19.3. The number of halogens is 2. The van der Waals surface area contributed by atoms with Gasteiger partial charge < -0.3 is 14.8 Å². The van der Waals surface area contributed by atoms with Crippen LogP contribution in [0.5, 0.6) is 5.75 Å². The highest BCUT2D eigenvalue weighted by Gasteiger charge is 2.62. The third-order valence-corrected chi connectivity index (χ3v) is 6.29. The largest absolute Gasteiger partial charge is 0.434 e. The Labute approximate surface area is 158 Å². The van der Waals surface area contributed by atoms with Gasteiger partial charge in [-0.3, -0.25) is 9.69 Å². The molecule has 1 spiro atoms. The van der Waals surface area contributed by atoms with Crippen molar-refractivity contribution in [3.63, 3.8) is 0 Å². The van der Waals surface area contributed by atoms with Crippen molar-refractivity contribution in [1.82, 2.24) is 10.2 Å². The Balaban J connectivity index is 1.44. The minimum absolute atomic E-state index is 0.0692. The molecule has 1 amide bonds. The fourth-order valence-corrected chi connectivity index (χ4v) is 5.12. The Morgan fingerprint density at radius 3 is 3.04 bits per heavy atom. The maximum absolute atomic E-state index is 12.7. The fourth-order valence-electron chi connectivity index (χ4n) is 5.12. The van der Waals surface area contributed by atoms with Crippen molar-refractivity contribution in [2.45, 2.75) is 51.0 Å². The Bertz CT molecular complexity index is 702. The Kier molecular flexibility index (Phi) is 5.07. The summed E-state index contributed by atoms with van der Waals surface area (Å²) in [7, 11) is 0. The molecule has 0 aliphatic carbocycles. The van der Waals surface area contributed by atoms with E-state index in [2.05, 4.69) is 15.0 Å². The second-order valence-corrected chi connectivity index (χ2v) is 7.84. The van der Waals surface area contributed by atoms with E-state index in [0.717, 1.165) is 31.5 Å². The number of fused-ring (bicyclic) bond motifs is 1. The molecule has 7 heteroatoms. The SMILES string of the molecule is CCC(=O)NC[C@H]1[C@H]2CN(Cc3ccccc3OC(F)F)C[C@]23CC[C@H]1O3. The molecule has 4 atom stereocenters. The van der Waals surface area contributed by atoms with Gasteiger partial charge in [0.05, 0.1) is 11.7 Å². The van der Waals surface area contributed by atoms with Crippen molar-refractivity contribution in [1.29, 1.82) is 0 Å². The first-order chi connectivity index (χ1) is 13.0. The summed E-state index contributed by atoms with van der Waals surface area (Å²) in [6, 6.07) is 6.96. The minimum Gasteiger partial charge on any atom is -0.434 e. The molecule has 0 saturated carbocycles.